The number of aryl methyl sites for hydroxylation is 1. The van der Waals surface area contributed by atoms with Crippen molar-refractivity contribution in [1.82, 2.24) is 0 Å². The molecule has 8 nitrogen and oxygen atoms in total. The zero-order valence-electron chi connectivity index (χ0n) is 15.7. The highest BCUT2D eigenvalue weighted by atomic mass is 16.5. The monoisotopic (exact) mass is 386 g/mol. The average molecular weight is 386 g/mol. The molecule has 0 aromatic heterocycles. The first-order chi connectivity index (χ1) is 13.5. The maximum atomic E-state index is 12.3. The number of para-hydroxylation sites is 1. The Morgan fingerprint density at radius 2 is 1.79 bits per heavy atom. The number of aliphatic hydroxyl groups excluding tert-OH is 1. The van der Waals surface area contributed by atoms with Gasteiger partial charge in [0, 0.05) is 17.9 Å². The van der Waals surface area contributed by atoms with E-state index in [0.717, 1.165) is 5.56 Å². The lowest BCUT2D eigenvalue weighted by Gasteiger charge is -2.12. The third kappa shape index (κ3) is 5.55. The van der Waals surface area contributed by atoms with Crippen molar-refractivity contribution in [3.8, 4) is 0 Å². The van der Waals surface area contributed by atoms with Crippen LogP contribution in [0.1, 0.15) is 26.3 Å². The number of aliphatic hydroxyl groups is 1. The fourth-order valence-electron chi connectivity index (χ4n) is 2.40. The average Bonchev–Trinajstić information content (AvgIpc) is 2.71. The summed E-state index contributed by atoms with van der Waals surface area (Å²) in [7, 11) is 1.27. The van der Waals surface area contributed by atoms with Crippen LogP contribution in [0.4, 0.5) is 11.4 Å². The van der Waals surface area contributed by atoms with Crippen LogP contribution in [0, 0.1) is 6.92 Å². The summed E-state index contributed by atoms with van der Waals surface area (Å²) in [5, 5.41) is 14.4. The molecule has 0 aliphatic carbocycles. The molecule has 0 bridgehead atoms. The molecule has 1 amide bonds. The second-order valence-corrected chi connectivity index (χ2v) is 5.84. The zero-order valence-corrected chi connectivity index (χ0v) is 15.7. The van der Waals surface area contributed by atoms with Gasteiger partial charge >= 0.3 is 11.9 Å². The van der Waals surface area contributed by atoms with Gasteiger partial charge in [0.1, 0.15) is 0 Å². The minimum Gasteiger partial charge on any atom is -0.465 e. The van der Waals surface area contributed by atoms with Gasteiger partial charge in [0.25, 0.3) is 5.91 Å². The van der Waals surface area contributed by atoms with Crippen LogP contribution in [-0.2, 0) is 14.3 Å². The Bertz CT molecular complexity index is 866. The summed E-state index contributed by atoms with van der Waals surface area (Å²) in [5.41, 5.74) is 2.22. The third-order valence-electron chi connectivity index (χ3n) is 3.84. The summed E-state index contributed by atoms with van der Waals surface area (Å²) in [6.45, 7) is 1.47. The van der Waals surface area contributed by atoms with Gasteiger partial charge in [0.15, 0.2) is 6.61 Å². The van der Waals surface area contributed by atoms with Crippen molar-refractivity contribution in [2.75, 3.05) is 37.5 Å². The van der Waals surface area contributed by atoms with Crippen molar-refractivity contribution in [3.63, 3.8) is 0 Å². The Morgan fingerprint density at radius 3 is 2.50 bits per heavy atom. The number of carbonyl (C=O) groups is 3. The molecule has 0 radical (unpaired) electrons. The fourth-order valence-corrected chi connectivity index (χ4v) is 2.40. The predicted octanol–water partition coefficient (Wildman–Crippen LogP) is 1.98. The van der Waals surface area contributed by atoms with Crippen LogP contribution in [0.15, 0.2) is 42.5 Å². The molecule has 0 fully saturated rings. The summed E-state index contributed by atoms with van der Waals surface area (Å²) in [6, 6.07) is 11.4. The first kappa shape index (κ1) is 20.9. The minimum atomic E-state index is -0.670. The van der Waals surface area contributed by atoms with E-state index < -0.39 is 24.5 Å². The number of benzene rings is 2. The Kier molecular flexibility index (Phi) is 7.53. The lowest BCUT2D eigenvalue weighted by molar-refractivity contribution is -0.119. The van der Waals surface area contributed by atoms with Crippen molar-refractivity contribution >= 4 is 29.2 Å². The molecule has 0 atom stereocenters. The first-order valence-electron chi connectivity index (χ1n) is 8.56. The summed E-state index contributed by atoms with van der Waals surface area (Å²) in [5.74, 6) is -1.73. The lowest BCUT2D eigenvalue weighted by atomic mass is 10.1. The maximum Gasteiger partial charge on any atom is 0.340 e. The van der Waals surface area contributed by atoms with Crippen molar-refractivity contribution in [1.29, 1.82) is 0 Å². The standard InChI is InChI=1S/C20H22N2O6/c1-13-7-8-14(19(25)27-2)11-17(13)22-18(24)12-28-20(26)15-5-3-4-6-16(15)21-9-10-23/h3-8,11,21,23H,9-10,12H2,1-2H3,(H,22,24). The van der Waals surface area contributed by atoms with Crippen LogP contribution in [-0.4, -0.2) is 49.8 Å². The van der Waals surface area contributed by atoms with Crippen molar-refractivity contribution in [2.24, 2.45) is 0 Å². The Hall–Kier alpha value is -3.39. The smallest absolute Gasteiger partial charge is 0.340 e. The molecule has 148 valence electrons. The number of hydrogen-bond acceptors (Lipinski definition) is 7. The molecule has 0 saturated heterocycles. The molecular formula is C20H22N2O6. The summed E-state index contributed by atoms with van der Waals surface area (Å²) < 4.78 is 9.74. The van der Waals surface area contributed by atoms with E-state index >= 15 is 0 Å². The topological polar surface area (TPSA) is 114 Å². The van der Waals surface area contributed by atoms with Gasteiger partial charge in [0.2, 0.25) is 0 Å². The molecule has 2 rings (SSSR count). The van der Waals surface area contributed by atoms with Gasteiger partial charge in [0.05, 0.1) is 24.8 Å². The van der Waals surface area contributed by atoms with Crippen molar-refractivity contribution in [3.05, 3.63) is 59.2 Å². The Labute approximate surface area is 162 Å². The predicted molar refractivity (Wildman–Crippen MR) is 103 cm³/mol. The molecule has 2 aromatic rings. The molecule has 0 spiro atoms. The highest BCUT2D eigenvalue weighted by Gasteiger charge is 2.15. The molecular weight excluding hydrogens is 364 g/mol. The number of hydrogen-bond donors (Lipinski definition) is 3. The molecule has 28 heavy (non-hydrogen) atoms. The second kappa shape index (κ2) is 10.1. The zero-order chi connectivity index (χ0) is 20.5. The summed E-state index contributed by atoms with van der Waals surface area (Å²) >= 11 is 0. The van der Waals surface area contributed by atoms with Gasteiger partial charge < -0.3 is 25.2 Å². The molecule has 0 saturated carbocycles. The van der Waals surface area contributed by atoms with Crippen LogP contribution in [0.25, 0.3) is 0 Å². The number of methoxy groups -OCH3 is 1. The van der Waals surface area contributed by atoms with Gasteiger partial charge in [-0.25, -0.2) is 9.59 Å². The highest BCUT2D eigenvalue weighted by molar-refractivity contribution is 5.99. The van der Waals surface area contributed by atoms with E-state index in [2.05, 4.69) is 15.4 Å². The van der Waals surface area contributed by atoms with Crippen LogP contribution < -0.4 is 10.6 Å². The number of rotatable bonds is 8. The molecule has 2 aromatic carbocycles. The van der Waals surface area contributed by atoms with Crippen LogP contribution in [0.3, 0.4) is 0 Å². The second-order valence-electron chi connectivity index (χ2n) is 5.84. The van der Waals surface area contributed by atoms with Gasteiger partial charge in [-0.1, -0.05) is 18.2 Å². The molecule has 3 N–H and O–H groups in total. The van der Waals surface area contributed by atoms with E-state index in [4.69, 9.17) is 9.84 Å². The van der Waals surface area contributed by atoms with Crippen LogP contribution in [0.5, 0.6) is 0 Å². The Balaban J connectivity index is 2.00. The highest BCUT2D eigenvalue weighted by Crippen LogP contribution is 2.18. The number of esters is 2. The largest absolute Gasteiger partial charge is 0.465 e. The number of carbonyl (C=O) groups excluding carboxylic acids is 3. The normalized spacial score (nSPS) is 10.1. The van der Waals surface area contributed by atoms with Gasteiger partial charge in [-0.3, -0.25) is 4.79 Å². The van der Waals surface area contributed by atoms with Crippen LogP contribution >= 0.6 is 0 Å². The molecule has 8 heteroatoms. The van der Waals surface area contributed by atoms with Gasteiger partial charge in [-0.15, -0.1) is 0 Å². The molecule has 0 aliphatic heterocycles. The van der Waals surface area contributed by atoms with Gasteiger partial charge in [-0.2, -0.15) is 0 Å². The van der Waals surface area contributed by atoms with E-state index in [1.165, 1.54) is 13.2 Å². The maximum absolute atomic E-state index is 12.3. The Morgan fingerprint density at radius 1 is 1.04 bits per heavy atom. The number of amides is 1. The number of anilines is 2. The van der Waals surface area contributed by atoms with Crippen LogP contribution in [0.2, 0.25) is 0 Å². The van der Waals surface area contributed by atoms with E-state index in [0.29, 0.717) is 16.9 Å². The number of ether oxygens (including phenoxy) is 2. The van der Waals surface area contributed by atoms with Gasteiger partial charge in [-0.05, 0) is 36.8 Å². The summed E-state index contributed by atoms with van der Waals surface area (Å²) in [6.07, 6.45) is 0. The number of nitrogens with one attached hydrogen (secondary N) is 2. The van der Waals surface area contributed by atoms with E-state index in [9.17, 15) is 14.4 Å². The fraction of sp³-hybridized carbons (Fsp3) is 0.250. The van der Waals surface area contributed by atoms with E-state index in [1.54, 1.807) is 43.3 Å². The molecule has 0 heterocycles. The van der Waals surface area contributed by atoms with Crippen molar-refractivity contribution < 1.29 is 29.0 Å². The lowest BCUT2D eigenvalue weighted by Crippen LogP contribution is -2.22. The molecule has 0 aliphatic rings. The van der Waals surface area contributed by atoms with Crippen molar-refractivity contribution in [2.45, 2.75) is 6.92 Å². The quantitative estimate of drug-likeness (QED) is 0.595. The SMILES string of the molecule is COC(=O)c1ccc(C)c(NC(=O)COC(=O)c2ccccc2NCCO)c1. The molecule has 0 unspecified atom stereocenters. The first-order valence-corrected chi connectivity index (χ1v) is 8.56. The third-order valence-corrected chi connectivity index (χ3v) is 3.84. The summed E-state index contributed by atoms with van der Waals surface area (Å²) in [4.78, 5) is 36.0. The van der Waals surface area contributed by atoms with E-state index in [-0.39, 0.29) is 18.7 Å². The van der Waals surface area contributed by atoms with E-state index in [1.807, 2.05) is 0 Å². The minimum absolute atomic E-state index is 0.0875.